The van der Waals surface area contributed by atoms with E-state index in [4.69, 9.17) is 9.51 Å². The van der Waals surface area contributed by atoms with E-state index in [9.17, 15) is 4.79 Å². The normalized spacial score (nSPS) is 16.0. The first-order chi connectivity index (χ1) is 12.6. The van der Waals surface area contributed by atoms with Crippen LogP contribution in [0.2, 0.25) is 0 Å². The number of aromatic nitrogens is 2. The lowest BCUT2D eigenvalue weighted by Gasteiger charge is -2.30. The first-order valence-electron chi connectivity index (χ1n) is 8.87. The molecule has 0 radical (unpaired) electrons. The summed E-state index contributed by atoms with van der Waals surface area (Å²) in [6, 6.07) is 8.26. The van der Waals surface area contributed by atoms with Gasteiger partial charge in [-0.1, -0.05) is 17.3 Å². The molecule has 5 nitrogen and oxygen atoms in total. The molecule has 0 saturated carbocycles. The van der Waals surface area contributed by atoms with Crippen molar-refractivity contribution in [1.82, 2.24) is 15.0 Å². The van der Waals surface area contributed by atoms with Crippen LogP contribution in [0.4, 0.5) is 0 Å². The zero-order valence-corrected chi connectivity index (χ0v) is 15.8. The molecule has 1 saturated heterocycles. The monoisotopic (exact) mass is 367 g/mol. The number of hydrogen-bond donors (Lipinski definition) is 0. The van der Waals surface area contributed by atoms with Crippen molar-refractivity contribution in [3.8, 4) is 0 Å². The molecule has 3 aromatic rings. The van der Waals surface area contributed by atoms with Crippen LogP contribution in [0.3, 0.4) is 0 Å². The van der Waals surface area contributed by atoms with Crippen molar-refractivity contribution in [2.24, 2.45) is 0 Å². The predicted octanol–water partition coefficient (Wildman–Crippen LogP) is 4.32. The molecule has 0 unspecified atom stereocenters. The van der Waals surface area contributed by atoms with Crippen LogP contribution in [0, 0.1) is 13.8 Å². The first kappa shape index (κ1) is 17.0. The van der Waals surface area contributed by atoms with Crippen LogP contribution in [-0.2, 0) is 4.79 Å². The van der Waals surface area contributed by atoms with E-state index >= 15 is 0 Å². The molecule has 1 aliphatic heterocycles. The summed E-state index contributed by atoms with van der Waals surface area (Å²) < 4.78 is 6.37. The first-order valence-corrected chi connectivity index (χ1v) is 9.69. The summed E-state index contributed by atoms with van der Waals surface area (Å²) in [4.78, 5) is 19.2. The van der Waals surface area contributed by atoms with Crippen LogP contribution in [0.25, 0.3) is 16.3 Å². The summed E-state index contributed by atoms with van der Waals surface area (Å²) in [5.41, 5.74) is 2.78. The maximum Gasteiger partial charge on any atom is 0.246 e. The Bertz CT molecular complexity index is 912. The van der Waals surface area contributed by atoms with E-state index in [2.05, 4.69) is 23.4 Å². The van der Waals surface area contributed by atoms with Gasteiger partial charge in [0.05, 0.1) is 20.9 Å². The van der Waals surface area contributed by atoms with Crippen LogP contribution in [0.5, 0.6) is 0 Å². The van der Waals surface area contributed by atoms with Gasteiger partial charge in [-0.25, -0.2) is 4.98 Å². The number of hydrogen-bond acceptors (Lipinski definition) is 5. The number of amides is 1. The standard InChI is InChI=1S/C20H21N3O2S/c1-13-16(14(2)25-22-13)7-8-19(24)23-11-9-15(10-12-23)20-21-17-5-3-4-6-18(17)26-20/h3-8,15H,9-12H2,1-2H3. The van der Waals surface area contributed by atoms with Crippen molar-refractivity contribution in [1.29, 1.82) is 0 Å². The lowest BCUT2D eigenvalue weighted by Crippen LogP contribution is -2.36. The Balaban J connectivity index is 1.39. The minimum absolute atomic E-state index is 0.0488. The van der Waals surface area contributed by atoms with Gasteiger partial charge in [-0.3, -0.25) is 4.79 Å². The molecule has 0 N–H and O–H groups in total. The van der Waals surface area contributed by atoms with Crippen molar-refractivity contribution in [2.45, 2.75) is 32.6 Å². The second kappa shape index (κ2) is 7.03. The fraction of sp³-hybridized carbons (Fsp3) is 0.350. The second-order valence-electron chi connectivity index (χ2n) is 6.69. The van der Waals surface area contributed by atoms with E-state index in [1.807, 2.05) is 30.9 Å². The number of para-hydroxylation sites is 1. The van der Waals surface area contributed by atoms with Crippen LogP contribution in [0.15, 0.2) is 34.9 Å². The number of piperidine rings is 1. The Morgan fingerprint density at radius 2 is 2.04 bits per heavy atom. The molecule has 2 aromatic heterocycles. The van der Waals surface area contributed by atoms with Gasteiger partial charge in [0.1, 0.15) is 5.76 Å². The third-order valence-electron chi connectivity index (χ3n) is 4.95. The molecule has 6 heteroatoms. The predicted molar refractivity (Wildman–Crippen MR) is 103 cm³/mol. The zero-order chi connectivity index (χ0) is 18.1. The highest BCUT2D eigenvalue weighted by Gasteiger charge is 2.25. The highest BCUT2D eigenvalue weighted by Crippen LogP contribution is 2.33. The van der Waals surface area contributed by atoms with Crippen LogP contribution in [0.1, 0.15) is 40.8 Å². The Kier molecular flexibility index (Phi) is 4.59. The molecule has 0 aliphatic carbocycles. The Morgan fingerprint density at radius 3 is 2.73 bits per heavy atom. The van der Waals surface area contributed by atoms with Crippen molar-refractivity contribution in [3.63, 3.8) is 0 Å². The van der Waals surface area contributed by atoms with Crippen molar-refractivity contribution in [2.75, 3.05) is 13.1 Å². The third-order valence-corrected chi connectivity index (χ3v) is 6.15. The van der Waals surface area contributed by atoms with Crippen LogP contribution < -0.4 is 0 Å². The number of carbonyl (C=O) groups excluding carboxylic acids is 1. The molecule has 0 atom stereocenters. The Morgan fingerprint density at radius 1 is 1.27 bits per heavy atom. The third kappa shape index (κ3) is 3.29. The SMILES string of the molecule is Cc1noc(C)c1C=CC(=O)N1CCC(c2nc3ccccc3s2)CC1. The summed E-state index contributed by atoms with van der Waals surface area (Å²) in [5, 5.41) is 5.11. The molecule has 1 fully saturated rings. The minimum atomic E-state index is 0.0488. The van der Waals surface area contributed by atoms with E-state index in [-0.39, 0.29) is 5.91 Å². The number of nitrogens with zero attached hydrogens (tertiary/aromatic N) is 3. The van der Waals surface area contributed by atoms with Gasteiger partial charge in [-0.05, 0) is 44.9 Å². The number of benzene rings is 1. The van der Waals surface area contributed by atoms with E-state index < -0.39 is 0 Å². The molecule has 4 rings (SSSR count). The van der Waals surface area contributed by atoms with Gasteiger partial charge >= 0.3 is 0 Å². The van der Waals surface area contributed by atoms with Crippen molar-refractivity contribution >= 4 is 33.5 Å². The quantitative estimate of drug-likeness (QED) is 0.647. The topological polar surface area (TPSA) is 59.2 Å². The minimum Gasteiger partial charge on any atom is -0.361 e. The molecule has 0 spiro atoms. The molecule has 3 heterocycles. The van der Waals surface area contributed by atoms with Gasteiger partial charge in [-0.15, -0.1) is 11.3 Å². The summed E-state index contributed by atoms with van der Waals surface area (Å²) in [6.45, 7) is 5.27. The molecule has 1 aliphatic rings. The number of thiazole rings is 1. The van der Waals surface area contributed by atoms with E-state index in [1.54, 1.807) is 17.4 Å². The highest BCUT2D eigenvalue weighted by atomic mass is 32.1. The molecule has 1 amide bonds. The fourth-order valence-corrected chi connectivity index (χ4v) is 4.54. The molecule has 0 bridgehead atoms. The maximum absolute atomic E-state index is 12.5. The Hall–Kier alpha value is -2.47. The molecule has 26 heavy (non-hydrogen) atoms. The molecular formula is C20H21N3O2S. The number of aryl methyl sites for hydroxylation is 2. The number of fused-ring (bicyclic) bond motifs is 1. The fourth-order valence-electron chi connectivity index (χ4n) is 3.40. The van der Waals surface area contributed by atoms with E-state index in [0.717, 1.165) is 48.5 Å². The van der Waals surface area contributed by atoms with Crippen LogP contribution >= 0.6 is 11.3 Å². The summed E-state index contributed by atoms with van der Waals surface area (Å²) in [7, 11) is 0. The van der Waals surface area contributed by atoms with Crippen molar-refractivity contribution < 1.29 is 9.32 Å². The molecule has 134 valence electrons. The number of rotatable bonds is 3. The van der Waals surface area contributed by atoms with Gasteiger partial charge < -0.3 is 9.42 Å². The summed E-state index contributed by atoms with van der Waals surface area (Å²) in [6.07, 6.45) is 5.36. The van der Waals surface area contributed by atoms with Gasteiger partial charge in [-0.2, -0.15) is 0 Å². The van der Waals surface area contributed by atoms with Gasteiger partial charge in [0, 0.05) is 30.6 Å². The zero-order valence-electron chi connectivity index (χ0n) is 14.9. The van der Waals surface area contributed by atoms with E-state index in [0.29, 0.717) is 5.92 Å². The average molecular weight is 367 g/mol. The highest BCUT2D eigenvalue weighted by molar-refractivity contribution is 7.18. The maximum atomic E-state index is 12.5. The lowest BCUT2D eigenvalue weighted by molar-refractivity contribution is -0.126. The smallest absolute Gasteiger partial charge is 0.246 e. The molecular weight excluding hydrogens is 346 g/mol. The number of carbonyl (C=O) groups is 1. The summed E-state index contributed by atoms with van der Waals surface area (Å²) in [5.74, 6) is 1.23. The molecule has 1 aromatic carbocycles. The Labute approximate surface area is 156 Å². The van der Waals surface area contributed by atoms with Gasteiger partial charge in [0.25, 0.3) is 0 Å². The van der Waals surface area contributed by atoms with Gasteiger partial charge in [0.2, 0.25) is 5.91 Å². The van der Waals surface area contributed by atoms with E-state index in [1.165, 1.54) is 9.71 Å². The van der Waals surface area contributed by atoms with Crippen molar-refractivity contribution in [3.05, 3.63) is 52.4 Å². The lowest BCUT2D eigenvalue weighted by atomic mass is 9.97. The largest absolute Gasteiger partial charge is 0.361 e. The van der Waals surface area contributed by atoms with Gasteiger partial charge in [0.15, 0.2) is 0 Å². The second-order valence-corrected chi connectivity index (χ2v) is 7.75. The summed E-state index contributed by atoms with van der Waals surface area (Å²) >= 11 is 1.78. The average Bonchev–Trinajstić information content (AvgIpc) is 3.23. The number of likely N-dealkylation sites (tertiary alicyclic amines) is 1. The van der Waals surface area contributed by atoms with Crippen LogP contribution in [-0.4, -0.2) is 34.0 Å².